The third-order valence-electron chi connectivity index (χ3n) is 9.54. The molecular weight excluding hydrogens is 618 g/mol. The number of hydrogen-bond acceptors (Lipinski definition) is 7. The van der Waals surface area contributed by atoms with Gasteiger partial charge in [0.05, 0.1) is 0 Å². The zero-order chi connectivity index (χ0) is 37.4. The molecule has 1 rings (SSSR count). The van der Waals surface area contributed by atoms with Gasteiger partial charge in [-0.2, -0.15) is 0 Å². The summed E-state index contributed by atoms with van der Waals surface area (Å²) in [5.74, 6) is -4.06. The minimum Gasteiger partial charge on any atom is -0.343 e. The lowest BCUT2D eigenvalue weighted by molar-refractivity contribution is -0.150. The van der Waals surface area contributed by atoms with Crippen molar-refractivity contribution in [1.29, 1.82) is 0 Å². The van der Waals surface area contributed by atoms with E-state index in [4.69, 9.17) is 0 Å². The van der Waals surface area contributed by atoms with Gasteiger partial charge in [0, 0.05) is 28.2 Å². The van der Waals surface area contributed by atoms with E-state index < -0.39 is 83.6 Å². The van der Waals surface area contributed by atoms with Crippen LogP contribution >= 0.6 is 0 Å². The van der Waals surface area contributed by atoms with Crippen molar-refractivity contribution in [2.75, 3.05) is 28.2 Å². The molecule has 0 aromatic rings. The lowest BCUT2D eigenvalue weighted by Gasteiger charge is -2.36. The van der Waals surface area contributed by atoms with Crippen molar-refractivity contribution >= 4 is 41.4 Å². The summed E-state index contributed by atoms with van der Waals surface area (Å²) in [6.45, 7) is 17.4. The Morgan fingerprint density at radius 2 is 1.00 bits per heavy atom. The number of amides is 7. The molecule has 0 aromatic carbocycles. The second-order valence-corrected chi connectivity index (χ2v) is 14.3. The van der Waals surface area contributed by atoms with Crippen LogP contribution in [-0.2, 0) is 33.6 Å². The van der Waals surface area contributed by atoms with E-state index in [1.807, 2.05) is 34.6 Å². The molecule has 274 valence electrons. The Balaban J connectivity index is 3.77. The lowest BCUT2D eigenvalue weighted by atomic mass is 9.96. The predicted molar refractivity (Wildman–Crippen MR) is 183 cm³/mol. The topological polar surface area (TPSA) is 169 Å². The van der Waals surface area contributed by atoms with Gasteiger partial charge in [-0.3, -0.25) is 33.6 Å². The Morgan fingerprint density at radius 1 is 0.542 bits per heavy atom. The number of carbonyl (C=O) groups is 7. The quantitative estimate of drug-likeness (QED) is 0.376. The zero-order valence-corrected chi connectivity index (χ0v) is 31.5. The lowest BCUT2D eigenvalue weighted by Crippen LogP contribution is -2.60. The first-order valence-corrected chi connectivity index (χ1v) is 17.1. The van der Waals surface area contributed by atoms with E-state index in [1.54, 1.807) is 20.8 Å². The molecule has 0 radical (unpaired) electrons. The Morgan fingerprint density at radius 3 is 1.48 bits per heavy atom. The second kappa shape index (κ2) is 18.2. The number of nitrogens with one attached hydrogen (secondary N) is 3. The fraction of sp³-hybridized carbons (Fsp3) is 0.794. The molecule has 8 atom stereocenters. The van der Waals surface area contributed by atoms with Crippen LogP contribution in [0.5, 0.6) is 0 Å². The third kappa shape index (κ3) is 10.6. The number of carbonyl (C=O) groups excluding carboxylic acids is 7. The molecule has 7 amide bonds. The van der Waals surface area contributed by atoms with Gasteiger partial charge in [0.1, 0.15) is 42.3 Å². The van der Waals surface area contributed by atoms with Crippen molar-refractivity contribution in [2.45, 2.75) is 131 Å². The van der Waals surface area contributed by atoms with E-state index in [1.165, 1.54) is 61.6 Å². The first-order chi connectivity index (χ1) is 22.1. The summed E-state index contributed by atoms with van der Waals surface area (Å²) in [6.07, 6.45) is 1.11. The fourth-order valence-electron chi connectivity index (χ4n) is 5.50. The van der Waals surface area contributed by atoms with Gasteiger partial charge in [-0.05, 0) is 58.3 Å². The SMILES string of the molecule is CC[C@H](C)[C@H]1NC(=O)[C@@H](C)NC(=O)[C@@H](C)N(C)C(=O)[C@H](C)N(C)C(=O)[C@H](CC(C)C)NC(=O)[C@H](CC(C)C)N(C)C(=O)[C@H](C)N(C)C1=O. The van der Waals surface area contributed by atoms with E-state index in [0.717, 1.165) is 0 Å². The highest BCUT2D eigenvalue weighted by Gasteiger charge is 2.39. The van der Waals surface area contributed by atoms with Crippen LogP contribution in [0.25, 0.3) is 0 Å². The van der Waals surface area contributed by atoms with Crippen molar-refractivity contribution in [1.82, 2.24) is 35.6 Å². The normalized spacial score (nSPS) is 29.2. The summed E-state index contributed by atoms with van der Waals surface area (Å²) in [5, 5.41) is 8.23. The van der Waals surface area contributed by atoms with Gasteiger partial charge in [0.25, 0.3) is 0 Å². The molecule has 0 aromatic heterocycles. The van der Waals surface area contributed by atoms with Crippen molar-refractivity contribution in [3.63, 3.8) is 0 Å². The maximum Gasteiger partial charge on any atom is 0.245 e. The summed E-state index contributed by atoms with van der Waals surface area (Å²) in [4.78, 5) is 100. The number of likely N-dealkylation sites (N-methyl/N-ethyl adjacent to an activating group) is 4. The summed E-state index contributed by atoms with van der Waals surface area (Å²) < 4.78 is 0. The molecule has 3 N–H and O–H groups in total. The van der Waals surface area contributed by atoms with Gasteiger partial charge in [0.15, 0.2) is 0 Å². The van der Waals surface area contributed by atoms with E-state index in [-0.39, 0.29) is 24.2 Å². The van der Waals surface area contributed by atoms with Crippen LogP contribution in [0.3, 0.4) is 0 Å². The number of rotatable bonds is 6. The van der Waals surface area contributed by atoms with Crippen LogP contribution in [0.1, 0.15) is 88.5 Å². The fourth-order valence-corrected chi connectivity index (χ4v) is 5.50. The Bertz CT molecular complexity index is 1190. The average Bonchev–Trinajstić information content (AvgIpc) is 3.03. The van der Waals surface area contributed by atoms with E-state index >= 15 is 0 Å². The molecule has 1 aliphatic heterocycles. The monoisotopic (exact) mass is 679 g/mol. The number of hydrogen-bond donors (Lipinski definition) is 3. The highest BCUT2D eigenvalue weighted by atomic mass is 16.2. The van der Waals surface area contributed by atoms with Crippen LogP contribution in [-0.4, -0.2) is 131 Å². The van der Waals surface area contributed by atoms with Gasteiger partial charge >= 0.3 is 0 Å². The van der Waals surface area contributed by atoms with Crippen LogP contribution in [0, 0.1) is 17.8 Å². The largest absolute Gasteiger partial charge is 0.343 e. The average molecular weight is 680 g/mol. The molecule has 0 saturated carbocycles. The van der Waals surface area contributed by atoms with Crippen LogP contribution < -0.4 is 16.0 Å². The van der Waals surface area contributed by atoms with Crippen LogP contribution in [0.4, 0.5) is 0 Å². The molecule has 1 fully saturated rings. The van der Waals surface area contributed by atoms with E-state index in [2.05, 4.69) is 16.0 Å². The van der Waals surface area contributed by atoms with Crippen molar-refractivity contribution < 1.29 is 33.6 Å². The molecular formula is C34H61N7O7. The van der Waals surface area contributed by atoms with Gasteiger partial charge < -0.3 is 35.6 Å². The van der Waals surface area contributed by atoms with Gasteiger partial charge in [0.2, 0.25) is 41.4 Å². The van der Waals surface area contributed by atoms with Gasteiger partial charge in [-0.15, -0.1) is 0 Å². The van der Waals surface area contributed by atoms with Gasteiger partial charge in [-0.1, -0.05) is 48.0 Å². The molecule has 14 heteroatoms. The number of nitrogens with zero attached hydrogens (tertiary/aromatic N) is 4. The first kappa shape index (κ1) is 42.3. The smallest absolute Gasteiger partial charge is 0.245 e. The summed E-state index contributed by atoms with van der Waals surface area (Å²) >= 11 is 0. The molecule has 0 spiro atoms. The summed E-state index contributed by atoms with van der Waals surface area (Å²) in [7, 11) is 5.88. The molecule has 0 aliphatic carbocycles. The Hall–Kier alpha value is -3.71. The first-order valence-electron chi connectivity index (χ1n) is 17.1. The molecule has 48 heavy (non-hydrogen) atoms. The van der Waals surface area contributed by atoms with Crippen LogP contribution in [0.2, 0.25) is 0 Å². The molecule has 1 heterocycles. The predicted octanol–water partition coefficient (Wildman–Crippen LogP) is 0.980. The highest BCUT2D eigenvalue weighted by Crippen LogP contribution is 2.18. The van der Waals surface area contributed by atoms with E-state index in [0.29, 0.717) is 12.8 Å². The Labute approximate surface area is 287 Å². The van der Waals surface area contributed by atoms with Crippen LogP contribution in [0.15, 0.2) is 0 Å². The molecule has 0 bridgehead atoms. The van der Waals surface area contributed by atoms with Crippen molar-refractivity contribution in [2.24, 2.45) is 17.8 Å². The van der Waals surface area contributed by atoms with Gasteiger partial charge in [-0.25, -0.2) is 0 Å². The summed E-state index contributed by atoms with van der Waals surface area (Å²) in [6, 6.07) is -7.00. The molecule has 14 nitrogen and oxygen atoms in total. The molecule has 0 unspecified atom stereocenters. The minimum absolute atomic E-state index is 0.000506. The van der Waals surface area contributed by atoms with Crippen molar-refractivity contribution in [3.05, 3.63) is 0 Å². The maximum absolute atomic E-state index is 13.9. The molecule has 1 saturated heterocycles. The van der Waals surface area contributed by atoms with E-state index in [9.17, 15) is 33.6 Å². The second-order valence-electron chi connectivity index (χ2n) is 14.3. The highest BCUT2D eigenvalue weighted by molar-refractivity contribution is 5.98. The third-order valence-corrected chi connectivity index (χ3v) is 9.54. The zero-order valence-electron chi connectivity index (χ0n) is 31.5. The molecule has 1 aliphatic rings. The Kier molecular flexibility index (Phi) is 16.0. The standard InChI is InChI=1S/C34H61N7O7/c1-15-20(6)27-34(48)40(13)24(10)32(46)41(14)26(17-19(4)5)30(44)36-25(16-18(2)3)33(47)39(12)23(9)31(45)38(11)22(8)29(43)35-21(7)28(42)37-27/h18-27H,15-17H2,1-14H3,(H,35,43)(H,36,44)(H,37,42)/t20-,21+,22+,23-,24-,25-,26-,27+/m0/s1. The minimum atomic E-state index is -1.06. The maximum atomic E-state index is 13.9. The summed E-state index contributed by atoms with van der Waals surface area (Å²) in [5.41, 5.74) is 0. The van der Waals surface area contributed by atoms with Crippen molar-refractivity contribution in [3.8, 4) is 0 Å².